The topological polar surface area (TPSA) is 79.2 Å². The predicted octanol–water partition coefficient (Wildman–Crippen LogP) is 5.60. The van der Waals surface area contributed by atoms with E-state index in [0.29, 0.717) is 83.3 Å². The molecule has 14 heteroatoms. The number of benzene rings is 2. The van der Waals surface area contributed by atoms with E-state index in [2.05, 4.69) is 4.90 Å². The number of anilines is 1. The molecule has 0 radical (unpaired) electrons. The predicted molar refractivity (Wildman–Crippen MR) is 138 cm³/mol. The molecule has 2 aromatic rings. The van der Waals surface area contributed by atoms with E-state index in [4.69, 9.17) is 4.74 Å². The number of nitro groups is 1. The number of carbonyl (C=O) groups is 1. The van der Waals surface area contributed by atoms with Gasteiger partial charge < -0.3 is 14.5 Å². The number of piperidine rings is 1. The number of nitrogens with zero attached hydrogens (tertiary/aromatic N) is 4. The summed E-state index contributed by atoms with van der Waals surface area (Å²) in [6, 6.07) is 7.85. The van der Waals surface area contributed by atoms with Crippen molar-refractivity contribution in [3.8, 4) is 5.75 Å². The molecule has 0 atom stereocenters. The zero-order valence-corrected chi connectivity index (χ0v) is 22.1. The Kier molecular flexibility index (Phi) is 9.30. The first kappa shape index (κ1) is 30.4. The normalized spacial score (nSPS) is 17.5. The van der Waals surface area contributed by atoms with Crippen LogP contribution in [-0.2, 0) is 17.1 Å². The highest BCUT2D eigenvalue weighted by Crippen LogP contribution is 2.38. The summed E-state index contributed by atoms with van der Waals surface area (Å²) < 4.78 is 84.3. The van der Waals surface area contributed by atoms with Gasteiger partial charge in [0.15, 0.2) is 0 Å². The summed E-state index contributed by atoms with van der Waals surface area (Å²) in [7, 11) is 0. The van der Waals surface area contributed by atoms with Crippen LogP contribution in [0.15, 0.2) is 42.5 Å². The Labute approximate surface area is 232 Å². The molecule has 1 amide bonds. The molecule has 0 saturated carbocycles. The molecular weight excluding hydrogens is 558 g/mol. The van der Waals surface area contributed by atoms with Crippen molar-refractivity contribution in [2.45, 2.75) is 44.1 Å². The van der Waals surface area contributed by atoms with Gasteiger partial charge in [-0.2, -0.15) is 26.3 Å². The molecule has 2 heterocycles. The number of amides is 1. The molecule has 4 rings (SSSR count). The van der Waals surface area contributed by atoms with Crippen LogP contribution >= 0.6 is 0 Å². The maximum atomic E-state index is 13.2. The van der Waals surface area contributed by atoms with Gasteiger partial charge in [0, 0.05) is 70.3 Å². The summed E-state index contributed by atoms with van der Waals surface area (Å²) in [5.41, 5.74) is -2.54. The molecule has 0 spiro atoms. The van der Waals surface area contributed by atoms with Crippen molar-refractivity contribution >= 4 is 17.3 Å². The van der Waals surface area contributed by atoms with Crippen LogP contribution in [0.4, 0.5) is 37.7 Å². The van der Waals surface area contributed by atoms with Crippen LogP contribution in [-0.4, -0.2) is 72.5 Å². The van der Waals surface area contributed by atoms with Gasteiger partial charge in [-0.05, 0) is 43.3 Å². The van der Waals surface area contributed by atoms with Crippen LogP contribution in [0, 0.1) is 10.1 Å². The van der Waals surface area contributed by atoms with E-state index in [1.165, 1.54) is 6.07 Å². The number of nitro benzene ring substituents is 1. The molecule has 41 heavy (non-hydrogen) atoms. The summed E-state index contributed by atoms with van der Waals surface area (Å²) >= 11 is 0. The van der Waals surface area contributed by atoms with Crippen LogP contribution in [0.5, 0.6) is 5.75 Å². The first-order chi connectivity index (χ1) is 19.3. The third kappa shape index (κ3) is 8.02. The third-order valence-electron chi connectivity index (χ3n) is 7.34. The first-order valence-corrected chi connectivity index (χ1v) is 13.3. The molecule has 2 aliphatic rings. The van der Waals surface area contributed by atoms with Gasteiger partial charge in [-0.15, -0.1) is 0 Å². The highest BCUT2D eigenvalue weighted by atomic mass is 19.4. The van der Waals surface area contributed by atoms with E-state index in [9.17, 15) is 41.3 Å². The molecule has 2 aromatic carbocycles. The minimum Gasteiger partial charge on any atom is -0.490 e. The average Bonchev–Trinajstić information content (AvgIpc) is 2.93. The summed E-state index contributed by atoms with van der Waals surface area (Å²) in [6.45, 7) is 3.97. The highest BCUT2D eigenvalue weighted by Gasteiger charge is 2.39. The zero-order valence-electron chi connectivity index (χ0n) is 22.1. The smallest absolute Gasteiger partial charge is 0.423 e. The number of rotatable bonds is 8. The van der Waals surface area contributed by atoms with E-state index < -0.39 is 40.2 Å². The SMILES string of the molecule is O=C(CCCN1CCN(c2cccc(C(F)(F)F)c2)CC1)N1CCC(Oc2ccc([N+](=O)[O-])c(C(F)(F)F)c2)CC1. The number of ether oxygens (including phenoxy) is 1. The van der Waals surface area contributed by atoms with Gasteiger partial charge in [0.1, 0.15) is 17.4 Å². The molecule has 0 aliphatic carbocycles. The second-order valence-electron chi connectivity index (χ2n) is 10.1. The Morgan fingerprint density at radius 2 is 1.61 bits per heavy atom. The average molecular weight is 589 g/mol. The minimum absolute atomic E-state index is 0.0271. The number of carbonyl (C=O) groups excluding carboxylic acids is 1. The number of likely N-dealkylation sites (tertiary alicyclic amines) is 1. The van der Waals surface area contributed by atoms with Crippen LogP contribution in [0.3, 0.4) is 0 Å². The Bertz CT molecular complexity index is 1220. The Hall–Kier alpha value is -3.55. The molecule has 0 unspecified atom stereocenters. The molecular formula is C27H30F6N4O4. The molecule has 0 bridgehead atoms. The van der Waals surface area contributed by atoms with Crippen LogP contribution in [0.1, 0.15) is 36.8 Å². The maximum absolute atomic E-state index is 13.2. The lowest BCUT2D eigenvalue weighted by molar-refractivity contribution is -0.388. The van der Waals surface area contributed by atoms with E-state index in [-0.39, 0.29) is 11.7 Å². The second-order valence-corrected chi connectivity index (χ2v) is 10.1. The monoisotopic (exact) mass is 588 g/mol. The molecule has 2 saturated heterocycles. The van der Waals surface area contributed by atoms with Crippen molar-refractivity contribution in [2.75, 3.05) is 50.7 Å². The fourth-order valence-corrected chi connectivity index (χ4v) is 5.11. The number of alkyl halides is 6. The lowest BCUT2D eigenvalue weighted by Gasteiger charge is -2.36. The zero-order chi connectivity index (χ0) is 29.8. The molecule has 2 aliphatic heterocycles. The highest BCUT2D eigenvalue weighted by molar-refractivity contribution is 5.76. The van der Waals surface area contributed by atoms with Crippen LogP contribution < -0.4 is 9.64 Å². The van der Waals surface area contributed by atoms with Gasteiger partial charge in [0.2, 0.25) is 5.91 Å². The van der Waals surface area contributed by atoms with Gasteiger partial charge in [0.25, 0.3) is 5.69 Å². The van der Waals surface area contributed by atoms with Gasteiger partial charge in [-0.25, -0.2) is 0 Å². The Morgan fingerprint density at radius 1 is 0.927 bits per heavy atom. The summed E-state index contributed by atoms with van der Waals surface area (Å²) in [6.07, 6.45) is -7.91. The van der Waals surface area contributed by atoms with Crippen LogP contribution in [0.2, 0.25) is 0 Å². The fraction of sp³-hybridized carbons (Fsp3) is 0.519. The number of hydrogen-bond donors (Lipinski definition) is 0. The third-order valence-corrected chi connectivity index (χ3v) is 7.34. The number of halogens is 6. The van der Waals surface area contributed by atoms with Crippen molar-refractivity contribution in [3.63, 3.8) is 0 Å². The second kappa shape index (κ2) is 12.5. The number of piperazine rings is 1. The molecule has 224 valence electrons. The minimum atomic E-state index is -4.90. The molecule has 2 fully saturated rings. The standard InChI is InChI=1S/C27H30F6N4O4/c28-26(29,30)19-3-1-4-20(17-19)35-15-13-34(14-16-35)10-2-5-25(38)36-11-8-21(9-12-36)41-22-6-7-24(37(39)40)23(18-22)27(31,32)33/h1,3-4,6-7,17-18,21H,2,5,8-16H2. The van der Waals surface area contributed by atoms with E-state index >= 15 is 0 Å². The van der Waals surface area contributed by atoms with E-state index in [1.54, 1.807) is 11.0 Å². The van der Waals surface area contributed by atoms with Crippen molar-refractivity contribution in [2.24, 2.45) is 0 Å². The van der Waals surface area contributed by atoms with Crippen LogP contribution in [0.25, 0.3) is 0 Å². The summed E-state index contributed by atoms with van der Waals surface area (Å²) in [5.74, 6) is -0.137. The quantitative estimate of drug-likeness (QED) is 0.227. The first-order valence-electron chi connectivity index (χ1n) is 13.3. The van der Waals surface area contributed by atoms with Crippen molar-refractivity contribution in [3.05, 3.63) is 63.7 Å². The van der Waals surface area contributed by atoms with Crippen molar-refractivity contribution in [1.29, 1.82) is 0 Å². The summed E-state index contributed by atoms with van der Waals surface area (Å²) in [4.78, 5) is 28.3. The maximum Gasteiger partial charge on any atom is 0.423 e. The lowest BCUT2D eigenvalue weighted by atomic mass is 10.1. The summed E-state index contributed by atoms with van der Waals surface area (Å²) in [5, 5.41) is 10.9. The Balaban J connectivity index is 1.17. The number of hydrogen-bond acceptors (Lipinski definition) is 6. The van der Waals surface area contributed by atoms with Gasteiger partial charge in [-0.3, -0.25) is 19.8 Å². The molecule has 0 aromatic heterocycles. The molecule has 8 nitrogen and oxygen atoms in total. The van der Waals surface area contributed by atoms with Gasteiger partial charge in [0.05, 0.1) is 10.5 Å². The van der Waals surface area contributed by atoms with E-state index in [1.807, 2.05) is 4.90 Å². The fourth-order valence-electron chi connectivity index (χ4n) is 5.11. The van der Waals surface area contributed by atoms with Crippen molar-refractivity contribution in [1.82, 2.24) is 9.80 Å². The van der Waals surface area contributed by atoms with Gasteiger partial charge in [-0.1, -0.05) is 6.07 Å². The molecule has 0 N–H and O–H groups in total. The Morgan fingerprint density at radius 3 is 2.22 bits per heavy atom. The largest absolute Gasteiger partial charge is 0.490 e. The lowest BCUT2D eigenvalue weighted by Crippen LogP contribution is -2.47. The van der Waals surface area contributed by atoms with E-state index in [0.717, 1.165) is 24.3 Å². The van der Waals surface area contributed by atoms with Gasteiger partial charge >= 0.3 is 12.4 Å². The van der Waals surface area contributed by atoms with Crippen molar-refractivity contribution < 1.29 is 40.8 Å².